The molecular weight excluding hydrogens is 376 g/mol. The number of esters is 2. The topological polar surface area (TPSA) is 92.0 Å². The number of ether oxygens (including phenoxy) is 3. The summed E-state index contributed by atoms with van der Waals surface area (Å²) >= 11 is 0. The van der Waals surface area contributed by atoms with Crippen LogP contribution in [0.4, 0.5) is 0 Å². The summed E-state index contributed by atoms with van der Waals surface area (Å²) in [7, 11) is 0. The molecule has 7 nitrogen and oxygen atoms in total. The number of hydrogen-bond acceptors (Lipinski definition) is 7. The summed E-state index contributed by atoms with van der Waals surface area (Å²) < 4.78 is 21.1. The molecule has 2 aromatic rings. The van der Waals surface area contributed by atoms with Gasteiger partial charge in [-0.25, -0.2) is 4.79 Å². The molecule has 0 aliphatic carbocycles. The fraction of sp³-hybridized carbons (Fsp3) is 0.318. The first kappa shape index (κ1) is 21.9. The minimum absolute atomic E-state index is 0.00434. The van der Waals surface area contributed by atoms with E-state index in [1.54, 1.807) is 0 Å². The maximum atomic E-state index is 12.4. The van der Waals surface area contributed by atoms with Gasteiger partial charge in [-0.2, -0.15) is 0 Å². The van der Waals surface area contributed by atoms with Gasteiger partial charge < -0.3 is 18.6 Å². The molecule has 1 unspecified atom stereocenters. The van der Waals surface area contributed by atoms with Crippen molar-refractivity contribution in [3.8, 4) is 5.75 Å². The Kier molecular flexibility index (Phi) is 8.21. The van der Waals surface area contributed by atoms with Crippen molar-refractivity contribution in [3.63, 3.8) is 0 Å². The lowest BCUT2D eigenvalue weighted by molar-refractivity contribution is -0.148. The van der Waals surface area contributed by atoms with Crippen molar-refractivity contribution in [2.75, 3.05) is 6.61 Å². The molecule has 0 radical (unpaired) electrons. The van der Waals surface area contributed by atoms with Gasteiger partial charge in [0.15, 0.2) is 11.9 Å². The standard InChI is InChI=1S/C22H24O7/c1-4-5-11-26-22(25)15(2)21(29-16(3)23)19-12-18(24)20(14-28-19)27-13-17-9-7-6-8-10-17/h6-10,12,14,21H,2,4-5,11,13H2,1,3H3. The Morgan fingerprint density at radius 3 is 2.55 bits per heavy atom. The van der Waals surface area contributed by atoms with Crippen LogP contribution >= 0.6 is 0 Å². The highest BCUT2D eigenvalue weighted by molar-refractivity contribution is 5.89. The average molecular weight is 400 g/mol. The van der Waals surface area contributed by atoms with E-state index >= 15 is 0 Å². The van der Waals surface area contributed by atoms with E-state index < -0.39 is 23.5 Å². The van der Waals surface area contributed by atoms with Crippen LogP contribution in [0.3, 0.4) is 0 Å². The molecule has 0 N–H and O–H groups in total. The van der Waals surface area contributed by atoms with Crippen LogP contribution in [-0.2, 0) is 25.7 Å². The lowest BCUT2D eigenvalue weighted by Crippen LogP contribution is -2.20. The lowest BCUT2D eigenvalue weighted by Gasteiger charge is -2.18. The van der Waals surface area contributed by atoms with Gasteiger partial charge >= 0.3 is 11.9 Å². The largest absolute Gasteiger partial charge is 0.482 e. The third-order valence-electron chi connectivity index (χ3n) is 3.91. The van der Waals surface area contributed by atoms with Crippen molar-refractivity contribution in [2.45, 2.75) is 39.4 Å². The van der Waals surface area contributed by atoms with E-state index in [1.807, 2.05) is 37.3 Å². The van der Waals surface area contributed by atoms with Crippen molar-refractivity contribution >= 4 is 11.9 Å². The van der Waals surface area contributed by atoms with Gasteiger partial charge in [-0.15, -0.1) is 0 Å². The number of benzene rings is 1. The first-order valence-electron chi connectivity index (χ1n) is 9.25. The van der Waals surface area contributed by atoms with Crippen LogP contribution in [0.5, 0.6) is 5.75 Å². The first-order valence-corrected chi connectivity index (χ1v) is 9.25. The molecule has 1 atom stereocenters. The maximum Gasteiger partial charge on any atom is 0.337 e. The molecule has 0 saturated heterocycles. The fourth-order valence-electron chi connectivity index (χ4n) is 2.37. The molecule has 1 aromatic carbocycles. The highest BCUT2D eigenvalue weighted by Crippen LogP contribution is 2.26. The van der Waals surface area contributed by atoms with Crippen LogP contribution in [0.2, 0.25) is 0 Å². The third-order valence-corrected chi connectivity index (χ3v) is 3.91. The highest BCUT2D eigenvalue weighted by Gasteiger charge is 2.28. The van der Waals surface area contributed by atoms with Crippen molar-refractivity contribution in [1.29, 1.82) is 0 Å². The number of carbonyl (C=O) groups excluding carboxylic acids is 2. The van der Waals surface area contributed by atoms with Crippen molar-refractivity contribution in [3.05, 3.63) is 76.4 Å². The Morgan fingerprint density at radius 1 is 1.21 bits per heavy atom. The average Bonchev–Trinajstić information content (AvgIpc) is 2.71. The minimum Gasteiger partial charge on any atom is -0.482 e. The van der Waals surface area contributed by atoms with E-state index in [1.165, 1.54) is 6.92 Å². The molecule has 154 valence electrons. The zero-order valence-corrected chi connectivity index (χ0v) is 16.5. The predicted molar refractivity (Wildman–Crippen MR) is 105 cm³/mol. The Morgan fingerprint density at radius 2 is 1.93 bits per heavy atom. The fourth-order valence-corrected chi connectivity index (χ4v) is 2.37. The van der Waals surface area contributed by atoms with E-state index in [2.05, 4.69) is 6.58 Å². The monoisotopic (exact) mass is 400 g/mol. The molecular formula is C22H24O7. The van der Waals surface area contributed by atoms with Gasteiger partial charge in [0.05, 0.1) is 12.2 Å². The van der Waals surface area contributed by atoms with E-state index in [0.717, 1.165) is 24.3 Å². The molecule has 1 heterocycles. The zero-order chi connectivity index (χ0) is 21.2. The molecule has 0 saturated carbocycles. The predicted octanol–water partition coefficient (Wildman–Crippen LogP) is 3.72. The van der Waals surface area contributed by atoms with Gasteiger partial charge in [-0.3, -0.25) is 9.59 Å². The lowest BCUT2D eigenvalue weighted by atomic mass is 10.1. The zero-order valence-electron chi connectivity index (χ0n) is 16.5. The summed E-state index contributed by atoms with van der Waals surface area (Å²) in [6, 6.07) is 10.4. The second kappa shape index (κ2) is 10.8. The van der Waals surface area contributed by atoms with Gasteiger partial charge in [-0.05, 0) is 12.0 Å². The van der Waals surface area contributed by atoms with Crippen LogP contribution < -0.4 is 10.2 Å². The number of hydrogen-bond donors (Lipinski definition) is 0. The van der Waals surface area contributed by atoms with E-state index in [0.29, 0.717) is 6.42 Å². The SMILES string of the molecule is C=C(C(=O)OCCCC)C(OC(C)=O)c1cc(=O)c(OCc2ccccc2)co1. The molecule has 2 rings (SSSR count). The molecule has 0 amide bonds. The summed E-state index contributed by atoms with van der Waals surface area (Å²) in [5.41, 5.74) is 0.265. The van der Waals surface area contributed by atoms with E-state index in [9.17, 15) is 14.4 Å². The number of rotatable bonds is 10. The van der Waals surface area contributed by atoms with Crippen LogP contribution in [0.15, 0.2) is 64.0 Å². The van der Waals surface area contributed by atoms with Crippen molar-refractivity contribution < 1.29 is 28.2 Å². The third kappa shape index (κ3) is 6.64. The second-order valence-corrected chi connectivity index (χ2v) is 6.29. The normalized spacial score (nSPS) is 11.4. The minimum atomic E-state index is -1.27. The molecule has 0 aliphatic rings. The smallest absolute Gasteiger partial charge is 0.337 e. The molecule has 0 spiro atoms. The number of unbranched alkanes of at least 4 members (excludes halogenated alkanes) is 1. The van der Waals surface area contributed by atoms with Crippen LogP contribution in [0, 0.1) is 0 Å². The maximum absolute atomic E-state index is 12.4. The summed E-state index contributed by atoms with van der Waals surface area (Å²) in [5, 5.41) is 0. The molecule has 29 heavy (non-hydrogen) atoms. The van der Waals surface area contributed by atoms with Crippen LogP contribution in [-0.4, -0.2) is 18.5 Å². The number of carbonyl (C=O) groups is 2. The quantitative estimate of drug-likeness (QED) is 0.341. The Balaban J connectivity index is 2.15. The summed E-state index contributed by atoms with van der Waals surface area (Å²) in [4.78, 5) is 36.0. The highest BCUT2D eigenvalue weighted by atomic mass is 16.6. The molecule has 0 aliphatic heterocycles. The summed E-state index contributed by atoms with van der Waals surface area (Å²) in [6.45, 7) is 7.19. The Bertz CT molecular complexity index is 899. The Hall–Kier alpha value is -3.35. The van der Waals surface area contributed by atoms with Gasteiger partial charge in [0.2, 0.25) is 11.2 Å². The van der Waals surface area contributed by atoms with Gasteiger partial charge in [0.25, 0.3) is 0 Å². The van der Waals surface area contributed by atoms with Gasteiger partial charge in [-0.1, -0.05) is 50.3 Å². The molecule has 0 fully saturated rings. The van der Waals surface area contributed by atoms with Crippen LogP contribution in [0.1, 0.15) is 44.1 Å². The molecule has 1 aromatic heterocycles. The first-order chi connectivity index (χ1) is 13.9. The molecule has 7 heteroatoms. The van der Waals surface area contributed by atoms with E-state index in [-0.39, 0.29) is 30.3 Å². The van der Waals surface area contributed by atoms with Crippen molar-refractivity contribution in [1.82, 2.24) is 0 Å². The second-order valence-electron chi connectivity index (χ2n) is 6.29. The van der Waals surface area contributed by atoms with Gasteiger partial charge in [0, 0.05) is 13.0 Å². The molecule has 0 bridgehead atoms. The van der Waals surface area contributed by atoms with Crippen molar-refractivity contribution in [2.24, 2.45) is 0 Å². The van der Waals surface area contributed by atoms with Crippen LogP contribution in [0.25, 0.3) is 0 Å². The Labute approximate surface area is 168 Å². The van der Waals surface area contributed by atoms with E-state index in [4.69, 9.17) is 18.6 Å². The van der Waals surface area contributed by atoms with Gasteiger partial charge in [0.1, 0.15) is 12.9 Å². The summed E-state index contributed by atoms with van der Waals surface area (Å²) in [6.07, 6.45) is 1.40. The summed E-state index contributed by atoms with van der Waals surface area (Å²) in [5.74, 6) is -1.44.